The van der Waals surface area contributed by atoms with Gasteiger partial charge in [0.15, 0.2) is 0 Å². The fraction of sp³-hybridized carbons (Fsp3) is 0.368. The number of carbonyl (C=O) groups excluding carboxylic acids is 6. The summed E-state index contributed by atoms with van der Waals surface area (Å²) >= 11 is 0. The monoisotopic (exact) mass is 1360 g/mol. The van der Waals surface area contributed by atoms with Gasteiger partial charge in [0.25, 0.3) is 0 Å². The number of nitrogens with zero attached hydrogens (tertiary/aromatic N) is 9. The lowest BCUT2D eigenvalue weighted by Gasteiger charge is -2.37. The Hall–Kier alpha value is -11.0. The van der Waals surface area contributed by atoms with Crippen LogP contribution in [-0.2, 0) is 45.8 Å². The number of hydrogen-bond donors (Lipinski definition) is 9. The van der Waals surface area contributed by atoms with Gasteiger partial charge in [-0.2, -0.15) is 0 Å². The van der Waals surface area contributed by atoms with Gasteiger partial charge >= 0.3 is 36.2 Å². The molecule has 12 amide bonds. The van der Waals surface area contributed by atoms with E-state index in [9.17, 15) is 28.8 Å². The highest BCUT2D eigenvalue weighted by atomic mass is 16.2. The number of benzene rings is 7. The first-order valence-corrected chi connectivity index (χ1v) is 34.2. The van der Waals surface area contributed by atoms with E-state index in [-0.39, 0.29) is 48.3 Å². The van der Waals surface area contributed by atoms with E-state index in [4.69, 9.17) is 0 Å². The maximum absolute atomic E-state index is 12.5. The predicted molar refractivity (Wildman–Crippen MR) is 410 cm³/mol. The number of urea groups is 6. The summed E-state index contributed by atoms with van der Waals surface area (Å²) in [5, 5.41) is 27.1. The second-order valence-corrected chi connectivity index (χ2v) is 25.2. The first kappa shape index (κ1) is 74.7. The molecule has 7 aromatic rings. The summed E-state index contributed by atoms with van der Waals surface area (Å²) in [5.74, 6) is 0. The molecule has 0 aromatic heterocycles. The Kier molecular flexibility index (Phi) is 25.7. The van der Waals surface area contributed by atoms with Crippen LogP contribution in [0, 0.1) is 0 Å². The van der Waals surface area contributed by atoms with E-state index in [0.29, 0.717) is 52.4 Å². The van der Waals surface area contributed by atoms with Crippen LogP contribution in [0.3, 0.4) is 0 Å². The van der Waals surface area contributed by atoms with Crippen LogP contribution < -0.4 is 67.5 Å². The average molecular weight is 1360 g/mol. The molecule has 0 saturated carbocycles. The van der Waals surface area contributed by atoms with E-state index < -0.39 is 0 Å². The second-order valence-electron chi connectivity index (χ2n) is 25.2. The van der Waals surface area contributed by atoms with Gasteiger partial charge in [0.2, 0.25) is 0 Å². The van der Waals surface area contributed by atoms with E-state index in [0.717, 1.165) is 104 Å². The van der Waals surface area contributed by atoms with Gasteiger partial charge in [-0.3, -0.25) is 19.6 Å². The lowest BCUT2D eigenvalue weighted by molar-refractivity contribution is 0.184. The Labute approximate surface area is 590 Å². The summed E-state index contributed by atoms with van der Waals surface area (Å²) in [7, 11) is 16.7. The number of carbonyl (C=O) groups is 6. The molecular weight excluding hydrogens is 1260 g/mol. The molecule has 6 heterocycles. The summed E-state index contributed by atoms with van der Waals surface area (Å²) in [6, 6.07) is 47.2. The zero-order valence-corrected chi connectivity index (χ0v) is 61.0. The van der Waals surface area contributed by atoms with Crippen molar-refractivity contribution < 1.29 is 28.8 Å². The Morgan fingerprint density at radius 3 is 1.19 bits per heavy atom. The Morgan fingerprint density at radius 2 is 0.740 bits per heavy atom. The normalized spacial score (nSPS) is 14.7. The molecule has 9 N–H and O–H groups in total. The van der Waals surface area contributed by atoms with Gasteiger partial charge in [0, 0.05) is 186 Å². The minimum absolute atomic E-state index is 0.0155. The topological polar surface area (TPSA) is 240 Å². The van der Waals surface area contributed by atoms with Crippen LogP contribution in [0.4, 0.5) is 97.0 Å². The largest absolute Gasteiger partial charge is 0.388 e. The zero-order chi connectivity index (χ0) is 72.5. The van der Waals surface area contributed by atoms with Gasteiger partial charge in [-0.15, -0.1) is 0 Å². The summed E-state index contributed by atoms with van der Waals surface area (Å²) in [5.41, 5.74) is 20.1. The number of nitrogens with one attached hydrogen (secondary N) is 9. The van der Waals surface area contributed by atoms with Crippen molar-refractivity contribution in [3.05, 3.63) is 178 Å². The molecule has 0 aliphatic carbocycles. The highest BCUT2D eigenvalue weighted by Crippen LogP contribution is 2.35. The molecule has 0 fully saturated rings. The number of fused-ring (bicyclic) bond motifs is 6. The van der Waals surface area contributed by atoms with E-state index in [2.05, 4.69) is 72.1 Å². The van der Waals surface area contributed by atoms with Gasteiger partial charge < -0.3 is 72.4 Å². The Bertz CT molecular complexity index is 4010. The van der Waals surface area contributed by atoms with Crippen molar-refractivity contribution in [2.75, 3.05) is 145 Å². The molecule has 0 radical (unpaired) electrons. The fourth-order valence-electron chi connectivity index (χ4n) is 12.2. The van der Waals surface area contributed by atoms with Crippen molar-refractivity contribution >= 4 is 104 Å². The smallest absolute Gasteiger partial charge is 0.324 e. The molecule has 0 unspecified atom stereocenters. The van der Waals surface area contributed by atoms with E-state index >= 15 is 0 Å². The number of anilines is 12. The van der Waals surface area contributed by atoms with Crippen LogP contribution in [0.1, 0.15) is 87.4 Å². The lowest BCUT2D eigenvalue weighted by atomic mass is 10.1. The van der Waals surface area contributed by atoms with Crippen molar-refractivity contribution in [3.8, 4) is 0 Å². The SMILES string of the molecule is CCN1C(=O)NCc2ccc(NC)cc21.CCN1Cc2ccc(NC)cc2N(C)C1=O.CCN1Cc2ccc(NC)cc2NC1=O.CNc1ccc2c(c1)N(C)C(=O)N(C(C)C)C2.CNc1ccc2c(c1)N(C)C(=O)N(Cc1ccccc1)C2.CNc1ccc2c(c1)NC(=O)N(C(C)C)C2. The number of amides is 12. The molecule has 7 aromatic carbocycles. The molecule has 0 bridgehead atoms. The van der Waals surface area contributed by atoms with E-state index in [1.54, 1.807) is 24.5 Å². The van der Waals surface area contributed by atoms with E-state index in [1.807, 2.05) is 247 Å². The highest BCUT2D eigenvalue weighted by molar-refractivity contribution is 5.98. The molecule has 13 rings (SSSR count). The van der Waals surface area contributed by atoms with Crippen molar-refractivity contribution in [2.45, 2.75) is 106 Å². The van der Waals surface area contributed by atoms with Crippen LogP contribution in [0.15, 0.2) is 140 Å². The second kappa shape index (κ2) is 34.4. The average Bonchev–Trinajstić information content (AvgIpc) is 0.800. The van der Waals surface area contributed by atoms with E-state index in [1.165, 1.54) is 16.7 Å². The minimum Gasteiger partial charge on any atom is -0.388 e. The molecule has 6 aliphatic heterocycles. The minimum atomic E-state index is -0.0178. The first-order valence-electron chi connectivity index (χ1n) is 34.2. The predicted octanol–water partition coefficient (Wildman–Crippen LogP) is 14.3. The van der Waals surface area contributed by atoms with Crippen molar-refractivity contribution in [1.82, 2.24) is 29.8 Å². The van der Waals surface area contributed by atoms with Crippen LogP contribution in [0.5, 0.6) is 0 Å². The molecule has 0 spiro atoms. The standard InChI is InChI=1S/C17H19N3O.C13H19N3O.2C12H17N3O.2C11H15N3O/c1-18-15-9-8-14-12-20(11-13-6-4-3-5-7-13)17(21)19(2)16(14)10-15;1-9(2)16-8-10-5-6-11(14-3)7-12(10)15(4)13(16)17;1-8(2)15-7-9-4-5-10(13-3)6-11(9)14-12(15)16;1-4-15-8-9-5-6-10(13-2)7-11(9)14(3)12(15)16;1-3-14-7-8-4-5-9(12-2)6-10(8)13-11(14)15;1-3-14-10-6-9(12-2)5-4-8(10)7-13-11(14)15/h3-10,18H,11-12H2,1-2H3;5-7,9,14H,8H2,1-4H3;4-6,8,13H,7H2,1-3H3,(H,14,16);5-7,13H,4,8H2,1-3H3;2*4-6,12H,3,7H2,1-2H3,(H,13,15). The molecule has 0 atom stereocenters. The summed E-state index contributed by atoms with van der Waals surface area (Å²) < 4.78 is 0. The Morgan fingerprint density at radius 1 is 0.370 bits per heavy atom. The molecule has 0 saturated heterocycles. The molecule has 100 heavy (non-hydrogen) atoms. The Balaban J connectivity index is 0.000000153. The number of rotatable bonds is 13. The maximum atomic E-state index is 12.5. The van der Waals surface area contributed by atoms with Gasteiger partial charge in [-0.25, -0.2) is 28.8 Å². The van der Waals surface area contributed by atoms with Gasteiger partial charge in [-0.1, -0.05) is 66.7 Å². The third kappa shape index (κ3) is 17.8. The molecule has 24 nitrogen and oxygen atoms in total. The zero-order valence-electron chi connectivity index (χ0n) is 61.0. The first-order chi connectivity index (χ1) is 48.0. The van der Waals surface area contributed by atoms with Crippen LogP contribution in [0.25, 0.3) is 0 Å². The quantitative estimate of drug-likeness (QED) is 0.0524. The molecule has 532 valence electrons. The van der Waals surface area contributed by atoms with Gasteiger partial charge in [0.1, 0.15) is 0 Å². The third-order valence-electron chi connectivity index (χ3n) is 18.3. The lowest BCUT2D eigenvalue weighted by Crippen LogP contribution is -2.48. The van der Waals surface area contributed by atoms with Crippen molar-refractivity contribution in [1.29, 1.82) is 0 Å². The molecular formula is C76H102N18O6. The molecule has 6 aliphatic rings. The third-order valence-corrected chi connectivity index (χ3v) is 18.3. The maximum Gasteiger partial charge on any atom is 0.324 e. The van der Waals surface area contributed by atoms with Gasteiger partial charge in [-0.05, 0) is 160 Å². The summed E-state index contributed by atoms with van der Waals surface area (Å²) in [6.45, 7) is 20.9. The van der Waals surface area contributed by atoms with Gasteiger partial charge in [0.05, 0.1) is 22.7 Å². The van der Waals surface area contributed by atoms with Crippen molar-refractivity contribution in [3.63, 3.8) is 0 Å². The highest BCUT2D eigenvalue weighted by Gasteiger charge is 2.32. The molecule has 24 heteroatoms. The fourth-order valence-corrected chi connectivity index (χ4v) is 12.2. The van der Waals surface area contributed by atoms with Crippen LogP contribution in [0.2, 0.25) is 0 Å². The number of hydrogen-bond acceptors (Lipinski definition) is 12. The van der Waals surface area contributed by atoms with Crippen LogP contribution >= 0.6 is 0 Å². The summed E-state index contributed by atoms with van der Waals surface area (Å²) in [6.07, 6.45) is 0. The van der Waals surface area contributed by atoms with Crippen LogP contribution in [-0.4, -0.2) is 156 Å². The summed E-state index contributed by atoms with van der Waals surface area (Å²) in [4.78, 5) is 87.7. The van der Waals surface area contributed by atoms with Crippen molar-refractivity contribution in [2.24, 2.45) is 0 Å².